The van der Waals surface area contributed by atoms with E-state index in [1.807, 2.05) is 13.8 Å². The Labute approximate surface area is 97.7 Å². The van der Waals surface area contributed by atoms with Gasteiger partial charge in [0.1, 0.15) is 0 Å². The molecular formula is C12H24O4. The molecule has 0 aliphatic rings. The molecule has 0 saturated heterocycles. The summed E-state index contributed by atoms with van der Waals surface area (Å²) in [6, 6.07) is 0. The molecule has 0 bridgehead atoms. The highest BCUT2D eigenvalue weighted by molar-refractivity contribution is 5.66. The first-order chi connectivity index (χ1) is 7.40. The molecule has 0 fully saturated rings. The van der Waals surface area contributed by atoms with E-state index in [0.717, 1.165) is 25.7 Å². The minimum Gasteiger partial charge on any atom is -0.481 e. The van der Waals surface area contributed by atoms with Crippen molar-refractivity contribution >= 4 is 11.9 Å². The van der Waals surface area contributed by atoms with E-state index in [4.69, 9.17) is 10.2 Å². The summed E-state index contributed by atoms with van der Waals surface area (Å²) in [5.74, 6) is -0.872. The van der Waals surface area contributed by atoms with Gasteiger partial charge in [-0.25, -0.2) is 0 Å². The maximum atomic E-state index is 9.90. The van der Waals surface area contributed by atoms with Crippen LogP contribution < -0.4 is 0 Å². The third-order valence-corrected chi connectivity index (χ3v) is 1.93. The maximum absolute atomic E-state index is 9.90. The van der Waals surface area contributed by atoms with Gasteiger partial charge in [-0.05, 0) is 18.8 Å². The van der Waals surface area contributed by atoms with Crippen molar-refractivity contribution in [2.24, 2.45) is 5.92 Å². The van der Waals surface area contributed by atoms with Crippen LogP contribution in [-0.2, 0) is 9.59 Å². The van der Waals surface area contributed by atoms with Gasteiger partial charge in [0.2, 0.25) is 0 Å². The van der Waals surface area contributed by atoms with E-state index in [9.17, 15) is 9.59 Å². The average molecular weight is 232 g/mol. The van der Waals surface area contributed by atoms with Gasteiger partial charge in [0.25, 0.3) is 0 Å². The largest absolute Gasteiger partial charge is 0.481 e. The highest BCUT2D eigenvalue weighted by Crippen LogP contribution is 2.01. The first kappa shape index (κ1) is 17.3. The van der Waals surface area contributed by atoms with Crippen molar-refractivity contribution in [1.29, 1.82) is 0 Å². The summed E-state index contributed by atoms with van der Waals surface area (Å²) in [6.07, 6.45) is 4.37. The molecule has 0 aliphatic carbocycles. The van der Waals surface area contributed by atoms with Crippen molar-refractivity contribution in [3.05, 3.63) is 0 Å². The Balaban J connectivity index is 0. The van der Waals surface area contributed by atoms with Gasteiger partial charge in [-0.2, -0.15) is 0 Å². The monoisotopic (exact) mass is 232 g/mol. The highest BCUT2D eigenvalue weighted by atomic mass is 16.4. The van der Waals surface area contributed by atoms with Crippen molar-refractivity contribution in [1.82, 2.24) is 0 Å². The summed E-state index contributed by atoms with van der Waals surface area (Å²) in [4.78, 5) is 19.8. The molecule has 96 valence electrons. The fourth-order valence-corrected chi connectivity index (χ4v) is 0.938. The fraction of sp³-hybridized carbons (Fsp3) is 0.833. The second-order valence-electron chi connectivity index (χ2n) is 4.18. The quantitative estimate of drug-likeness (QED) is 0.661. The molecule has 0 aromatic rings. The van der Waals surface area contributed by atoms with Gasteiger partial charge in [0.15, 0.2) is 0 Å². The van der Waals surface area contributed by atoms with Gasteiger partial charge >= 0.3 is 11.9 Å². The van der Waals surface area contributed by atoms with E-state index in [-0.39, 0.29) is 0 Å². The van der Waals surface area contributed by atoms with Crippen LogP contribution in [0.15, 0.2) is 0 Å². The molecule has 0 aliphatic heterocycles. The van der Waals surface area contributed by atoms with Gasteiger partial charge in [0.05, 0.1) is 0 Å². The summed E-state index contributed by atoms with van der Waals surface area (Å²) in [5, 5.41) is 16.3. The van der Waals surface area contributed by atoms with Crippen LogP contribution in [0.5, 0.6) is 0 Å². The second-order valence-corrected chi connectivity index (χ2v) is 4.18. The third-order valence-electron chi connectivity index (χ3n) is 1.93. The topological polar surface area (TPSA) is 74.6 Å². The summed E-state index contributed by atoms with van der Waals surface area (Å²) in [5.41, 5.74) is 0. The number of aliphatic carboxylic acids is 2. The van der Waals surface area contributed by atoms with Crippen LogP contribution in [0.3, 0.4) is 0 Å². The standard InChI is InChI=1S/2C6H12O2/c1-5(2)3-4-6(7)8;1-2-3-4-5-6(7)8/h5H,3-4H2,1-2H3,(H,7,8);2-5H2,1H3,(H,7,8). The lowest BCUT2D eigenvalue weighted by Gasteiger charge is -1.97. The normalized spacial score (nSPS) is 9.50. The average Bonchev–Trinajstić information content (AvgIpc) is 2.16. The fourth-order valence-electron chi connectivity index (χ4n) is 0.938. The minimum atomic E-state index is -0.696. The van der Waals surface area contributed by atoms with Crippen LogP contribution in [0, 0.1) is 5.92 Å². The molecule has 4 heteroatoms. The van der Waals surface area contributed by atoms with Gasteiger partial charge in [-0.15, -0.1) is 0 Å². The van der Waals surface area contributed by atoms with Gasteiger partial charge in [-0.1, -0.05) is 33.6 Å². The molecule has 16 heavy (non-hydrogen) atoms. The van der Waals surface area contributed by atoms with Crippen molar-refractivity contribution in [3.8, 4) is 0 Å². The lowest BCUT2D eigenvalue weighted by atomic mass is 10.1. The van der Waals surface area contributed by atoms with Crippen LogP contribution >= 0.6 is 0 Å². The first-order valence-electron chi connectivity index (χ1n) is 5.83. The molecule has 0 aromatic carbocycles. The van der Waals surface area contributed by atoms with Gasteiger partial charge in [0, 0.05) is 12.8 Å². The molecule has 0 unspecified atom stereocenters. The number of hydrogen-bond acceptors (Lipinski definition) is 2. The lowest BCUT2D eigenvalue weighted by molar-refractivity contribution is -0.138. The predicted molar refractivity (Wildman–Crippen MR) is 63.5 cm³/mol. The van der Waals surface area contributed by atoms with E-state index in [0.29, 0.717) is 18.8 Å². The number of rotatable bonds is 7. The molecule has 0 aromatic heterocycles. The molecule has 0 heterocycles. The zero-order chi connectivity index (χ0) is 13.0. The summed E-state index contributed by atoms with van der Waals surface area (Å²) in [6.45, 7) is 6.09. The van der Waals surface area contributed by atoms with Crippen molar-refractivity contribution in [3.63, 3.8) is 0 Å². The zero-order valence-corrected chi connectivity index (χ0v) is 10.5. The Bertz CT molecular complexity index is 187. The maximum Gasteiger partial charge on any atom is 0.303 e. The minimum absolute atomic E-state index is 0.303. The summed E-state index contributed by atoms with van der Waals surface area (Å²) < 4.78 is 0. The third kappa shape index (κ3) is 23.1. The Morgan fingerprint density at radius 2 is 1.50 bits per heavy atom. The molecule has 2 N–H and O–H groups in total. The van der Waals surface area contributed by atoms with Crippen LogP contribution in [0.2, 0.25) is 0 Å². The Morgan fingerprint density at radius 3 is 1.75 bits per heavy atom. The molecule has 0 spiro atoms. The van der Waals surface area contributed by atoms with Crippen molar-refractivity contribution in [2.45, 2.75) is 59.3 Å². The number of carboxylic acids is 2. The van der Waals surface area contributed by atoms with E-state index in [1.165, 1.54) is 0 Å². The van der Waals surface area contributed by atoms with Crippen molar-refractivity contribution in [2.75, 3.05) is 0 Å². The number of carboxylic acid groups (broad SMARTS) is 2. The van der Waals surface area contributed by atoms with Crippen molar-refractivity contribution < 1.29 is 19.8 Å². The highest BCUT2D eigenvalue weighted by Gasteiger charge is 1.98. The molecule has 0 rings (SSSR count). The molecule has 0 amide bonds. The number of unbranched alkanes of at least 4 members (excludes halogenated alkanes) is 2. The molecule has 0 atom stereocenters. The first-order valence-corrected chi connectivity index (χ1v) is 5.83. The van der Waals surface area contributed by atoms with Crippen LogP contribution in [-0.4, -0.2) is 22.2 Å². The number of carbonyl (C=O) groups is 2. The van der Waals surface area contributed by atoms with E-state index < -0.39 is 11.9 Å². The molecule has 0 saturated carbocycles. The summed E-state index contributed by atoms with van der Waals surface area (Å²) >= 11 is 0. The number of hydrogen-bond donors (Lipinski definition) is 2. The zero-order valence-electron chi connectivity index (χ0n) is 10.5. The van der Waals surface area contributed by atoms with Gasteiger partial charge in [-0.3, -0.25) is 9.59 Å². The summed E-state index contributed by atoms with van der Waals surface area (Å²) in [7, 11) is 0. The van der Waals surface area contributed by atoms with E-state index in [2.05, 4.69) is 6.92 Å². The molecular weight excluding hydrogens is 208 g/mol. The van der Waals surface area contributed by atoms with Gasteiger partial charge < -0.3 is 10.2 Å². The predicted octanol–water partition coefficient (Wildman–Crippen LogP) is 3.16. The lowest BCUT2D eigenvalue weighted by Crippen LogP contribution is -1.97. The SMILES string of the molecule is CC(C)CCC(=O)O.CCCCCC(=O)O. The molecule has 0 radical (unpaired) electrons. The van der Waals surface area contributed by atoms with Crippen LogP contribution in [0.25, 0.3) is 0 Å². The van der Waals surface area contributed by atoms with Crippen LogP contribution in [0.1, 0.15) is 59.3 Å². The Morgan fingerprint density at radius 1 is 1.00 bits per heavy atom. The van der Waals surface area contributed by atoms with E-state index in [1.54, 1.807) is 0 Å². The Hall–Kier alpha value is -1.06. The van der Waals surface area contributed by atoms with Crippen LogP contribution in [0.4, 0.5) is 0 Å². The second kappa shape index (κ2) is 12.0. The smallest absolute Gasteiger partial charge is 0.303 e. The Kier molecular flexibility index (Phi) is 13.0. The van der Waals surface area contributed by atoms with E-state index >= 15 is 0 Å². The molecule has 4 nitrogen and oxygen atoms in total.